The molecular weight excluding hydrogens is 335 g/mol. The molecule has 0 bridgehead atoms. The fourth-order valence-electron chi connectivity index (χ4n) is 2.18. The van der Waals surface area contributed by atoms with Crippen molar-refractivity contribution in [1.82, 2.24) is 10.2 Å². The van der Waals surface area contributed by atoms with E-state index in [9.17, 15) is 9.18 Å². The van der Waals surface area contributed by atoms with Crippen molar-refractivity contribution in [2.75, 3.05) is 20.1 Å². The van der Waals surface area contributed by atoms with Gasteiger partial charge in [-0.3, -0.25) is 4.79 Å². The van der Waals surface area contributed by atoms with Crippen LogP contribution >= 0.6 is 28.3 Å². The number of nitrogens with zero attached hydrogens (tertiary/aromatic N) is 1. The summed E-state index contributed by atoms with van der Waals surface area (Å²) in [6, 6.07) is 5.00. The normalized spacial score (nSPS) is 16.1. The predicted molar refractivity (Wildman–Crippen MR) is 79.3 cm³/mol. The van der Waals surface area contributed by atoms with Crippen molar-refractivity contribution in [3.63, 3.8) is 0 Å². The van der Waals surface area contributed by atoms with Crippen molar-refractivity contribution < 1.29 is 9.18 Å². The molecule has 0 spiro atoms. The highest BCUT2D eigenvalue weighted by Crippen LogP contribution is 2.19. The largest absolute Gasteiger partial charge is 0.339 e. The number of piperidine rings is 1. The number of hydrogen-bond donors (Lipinski definition) is 1. The molecule has 6 heteroatoms. The third kappa shape index (κ3) is 3.91. The van der Waals surface area contributed by atoms with E-state index in [0.29, 0.717) is 16.1 Å². The molecule has 1 aliphatic rings. The van der Waals surface area contributed by atoms with Crippen molar-refractivity contribution >= 4 is 34.2 Å². The van der Waals surface area contributed by atoms with Gasteiger partial charge in [0.05, 0.1) is 4.47 Å². The number of halogens is 3. The van der Waals surface area contributed by atoms with Crippen LogP contribution in [-0.4, -0.2) is 37.0 Å². The highest BCUT2D eigenvalue weighted by atomic mass is 79.9. The first kappa shape index (κ1) is 16.4. The van der Waals surface area contributed by atoms with Gasteiger partial charge in [-0.15, -0.1) is 12.4 Å². The zero-order valence-corrected chi connectivity index (χ0v) is 13.1. The number of nitrogens with one attached hydrogen (secondary N) is 1. The van der Waals surface area contributed by atoms with E-state index in [0.717, 1.165) is 25.9 Å². The number of amides is 1. The Bertz CT molecular complexity index is 450. The molecule has 0 saturated carbocycles. The summed E-state index contributed by atoms with van der Waals surface area (Å²) in [5, 5.41) is 3.22. The van der Waals surface area contributed by atoms with Crippen LogP contribution in [0.4, 0.5) is 4.39 Å². The maximum atomic E-state index is 13.4. The van der Waals surface area contributed by atoms with Crippen LogP contribution in [0.3, 0.4) is 0 Å². The maximum absolute atomic E-state index is 13.4. The average molecular weight is 352 g/mol. The van der Waals surface area contributed by atoms with Gasteiger partial charge in [-0.1, -0.05) is 0 Å². The van der Waals surface area contributed by atoms with Gasteiger partial charge in [0.15, 0.2) is 0 Å². The molecule has 0 atom stereocenters. The van der Waals surface area contributed by atoms with Crippen LogP contribution in [-0.2, 0) is 0 Å². The Hall–Kier alpha value is -0.650. The molecule has 1 aromatic carbocycles. The predicted octanol–water partition coefficient (Wildman–Crippen LogP) is 2.83. The number of hydrogen-bond acceptors (Lipinski definition) is 2. The van der Waals surface area contributed by atoms with E-state index in [4.69, 9.17) is 0 Å². The summed E-state index contributed by atoms with van der Waals surface area (Å²) in [5.41, 5.74) is 0.415. The molecule has 106 valence electrons. The van der Waals surface area contributed by atoms with E-state index in [-0.39, 0.29) is 18.3 Å². The summed E-state index contributed by atoms with van der Waals surface area (Å²) in [7, 11) is 1.94. The summed E-state index contributed by atoms with van der Waals surface area (Å²) in [4.78, 5) is 14.0. The monoisotopic (exact) mass is 350 g/mol. The van der Waals surface area contributed by atoms with Gasteiger partial charge in [-0.05, 0) is 54.0 Å². The maximum Gasteiger partial charge on any atom is 0.253 e. The van der Waals surface area contributed by atoms with Crippen LogP contribution in [0.25, 0.3) is 0 Å². The van der Waals surface area contributed by atoms with Crippen LogP contribution < -0.4 is 5.32 Å². The highest BCUT2D eigenvalue weighted by molar-refractivity contribution is 9.10. The molecule has 3 nitrogen and oxygen atoms in total. The molecule has 0 aromatic heterocycles. The lowest BCUT2D eigenvalue weighted by Gasteiger charge is -2.31. The second-order valence-corrected chi connectivity index (χ2v) is 5.34. The van der Waals surface area contributed by atoms with Gasteiger partial charge in [0.25, 0.3) is 5.91 Å². The van der Waals surface area contributed by atoms with E-state index in [2.05, 4.69) is 21.2 Å². The third-order valence-electron chi connectivity index (χ3n) is 3.36. The van der Waals surface area contributed by atoms with Crippen molar-refractivity contribution in [1.29, 1.82) is 0 Å². The van der Waals surface area contributed by atoms with Gasteiger partial charge in [0.1, 0.15) is 5.82 Å². The third-order valence-corrected chi connectivity index (χ3v) is 4.00. The van der Waals surface area contributed by atoms with Crippen molar-refractivity contribution in [2.45, 2.75) is 18.9 Å². The fourth-order valence-corrected chi connectivity index (χ4v) is 2.43. The lowest BCUT2D eigenvalue weighted by molar-refractivity contribution is 0.0707. The molecule has 1 saturated heterocycles. The number of rotatable bonds is 2. The average Bonchev–Trinajstić information content (AvgIpc) is 2.41. The molecule has 2 rings (SSSR count). The molecule has 1 aliphatic heterocycles. The summed E-state index contributed by atoms with van der Waals surface area (Å²) in [5.74, 6) is -0.484. The first-order valence-electron chi connectivity index (χ1n) is 6.03. The van der Waals surface area contributed by atoms with Crippen molar-refractivity contribution in [3.05, 3.63) is 34.1 Å². The van der Waals surface area contributed by atoms with E-state index in [1.165, 1.54) is 6.07 Å². The highest BCUT2D eigenvalue weighted by Gasteiger charge is 2.23. The molecular formula is C13H17BrClFN2O. The van der Waals surface area contributed by atoms with Gasteiger partial charge in [0, 0.05) is 24.7 Å². The summed E-state index contributed by atoms with van der Waals surface area (Å²) < 4.78 is 13.8. The van der Waals surface area contributed by atoms with Crippen molar-refractivity contribution in [3.8, 4) is 0 Å². The van der Waals surface area contributed by atoms with Gasteiger partial charge in [0.2, 0.25) is 0 Å². The topological polar surface area (TPSA) is 32.3 Å². The Morgan fingerprint density at radius 2 is 2.05 bits per heavy atom. The van der Waals surface area contributed by atoms with E-state index >= 15 is 0 Å². The smallest absolute Gasteiger partial charge is 0.253 e. The molecule has 0 aliphatic carbocycles. The zero-order chi connectivity index (χ0) is 13.1. The van der Waals surface area contributed by atoms with Crippen LogP contribution in [0.15, 0.2) is 22.7 Å². The van der Waals surface area contributed by atoms with E-state index in [1.54, 1.807) is 17.0 Å². The molecule has 19 heavy (non-hydrogen) atoms. The molecule has 0 unspecified atom stereocenters. The Morgan fingerprint density at radius 3 is 2.58 bits per heavy atom. The standard InChI is InChI=1S/C13H16BrFN2O.ClH/c1-16-10-4-6-17(7-5-10)13(18)9-2-3-11(14)12(15)8-9;/h2-3,8,10,16H,4-7H2,1H3;1H. The minimum absolute atomic E-state index is 0. The van der Waals surface area contributed by atoms with Gasteiger partial charge in [-0.25, -0.2) is 4.39 Å². The van der Waals surface area contributed by atoms with E-state index < -0.39 is 5.82 Å². The van der Waals surface area contributed by atoms with Gasteiger partial charge < -0.3 is 10.2 Å². The van der Waals surface area contributed by atoms with Crippen LogP contribution in [0.5, 0.6) is 0 Å². The van der Waals surface area contributed by atoms with Gasteiger partial charge in [-0.2, -0.15) is 0 Å². The summed E-state index contributed by atoms with van der Waals surface area (Å²) in [6.07, 6.45) is 1.89. The summed E-state index contributed by atoms with van der Waals surface area (Å²) >= 11 is 3.08. The molecule has 1 amide bonds. The quantitative estimate of drug-likeness (QED) is 0.888. The Kier molecular flexibility index (Phi) is 6.23. The molecule has 1 fully saturated rings. The molecule has 1 aromatic rings. The second-order valence-electron chi connectivity index (χ2n) is 4.48. The summed E-state index contributed by atoms with van der Waals surface area (Å²) in [6.45, 7) is 1.45. The van der Waals surface area contributed by atoms with Gasteiger partial charge >= 0.3 is 0 Å². The number of benzene rings is 1. The van der Waals surface area contributed by atoms with Crippen molar-refractivity contribution in [2.24, 2.45) is 0 Å². The number of likely N-dealkylation sites (tertiary alicyclic amines) is 1. The number of carbonyl (C=O) groups is 1. The molecule has 1 heterocycles. The lowest BCUT2D eigenvalue weighted by atomic mass is 10.0. The fraction of sp³-hybridized carbons (Fsp3) is 0.462. The Morgan fingerprint density at radius 1 is 1.42 bits per heavy atom. The minimum Gasteiger partial charge on any atom is -0.339 e. The minimum atomic E-state index is -0.397. The SMILES string of the molecule is CNC1CCN(C(=O)c2ccc(Br)c(F)c2)CC1.Cl. The van der Waals surface area contributed by atoms with Crippen LogP contribution in [0, 0.1) is 5.82 Å². The first-order valence-corrected chi connectivity index (χ1v) is 6.82. The Labute approximate surface area is 127 Å². The van der Waals surface area contributed by atoms with E-state index in [1.807, 2.05) is 7.05 Å². The molecule has 1 N–H and O–H groups in total. The van der Waals surface area contributed by atoms with Crippen LogP contribution in [0.1, 0.15) is 23.2 Å². The molecule has 0 radical (unpaired) electrons. The Balaban J connectivity index is 0.00000180. The lowest BCUT2D eigenvalue weighted by Crippen LogP contribution is -2.43. The first-order chi connectivity index (χ1) is 8.61. The number of carbonyl (C=O) groups excluding carboxylic acids is 1. The second kappa shape index (κ2) is 7.22. The van der Waals surface area contributed by atoms with Crippen LogP contribution in [0.2, 0.25) is 0 Å². The zero-order valence-electron chi connectivity index (χ0n) is 10.7.